The summed E-state index contributed by atoms with van der Waals surface area (Å²) in [5.74, 6) is 1.23. The molecule has 1 atom stereocenters. The van der Waals surface area contributed by atoms with Gasteiger partial charge in [0, 0.05) is 29.6 Å². The molecule has 15 heavy (non-hydrogen) atoms. The maximum absolute atomic E-state index is 6.06. The smallest absolute Gasteiger partial charge is 0.0410 e. The highest BCUT2D eigenvalue weighted by molar-refractivity contribution is 7.99. The van der Waals surface area contributed by atoms with Crippen LogP contribution in [0.1, 0.15) is 24.2 Å². The highest BCUT2D eigenvalue weighted by Crippen LogP contribution is 2.38. The molecule has 1 aromatic carbocycles. The first-order valence-corrected chi connectivity index (χ1v) is 6.73. The van der Waals surface area contributed by atoms with E-state index in [2.05, 4.69) is 31.0 Å². The molecule has 0 saturated carbocycles. The number of rotatable bonds is 0. The number of hydrogen-bond donors (Lipinski definition) is 0. The maximum atomic E-state index is 6.06. The van der Waals surface area contributed by atoms with Gasteiger partial charge in [0.1, 0.15) is 0 Å². The lowest BCUT2D eigenvalue weighted by Crippen LogP contribution is -2.22. The van der Waals surface area contributed by atoms with Gasteiger partial charge < -0.3 is 4.90 Å². The molecule has 1 heterocycles. The molecule has 0 bridgehead atoms. The fraction of sp³-hybridized carbons (Fsp3) is 0.500. The third kappa shape index (κ3) is 2.43. The van der Waals surface area contributed by atoms with Gasteiger partial charge in [0.25, 0.3) is 0 Å². The standard InChI is InChI=1S/C12H16ClNS/c1-9-11-8-10(13)4-5-12(11)14(2)6-3-7-15-9/h4-5,8-9H,3,6-7H2,1-2H3. The van der Waals surface area contributed by atoms with Crippen molar-refractivity contribution in [3.8, 4) is 0 Å². The molecule has 0 amide bonds. The summed E-state index contributed by atoms with van der Waals surface area (Å²) in [6, 6.07) is 6.23. The van der Waals surface area contributed by atoms with Gasteiger partial charge >= 0.3 is 0 Å². The van der Waals surface area contributed by atoms with Crippen LogP contribution in [0.3, 0.4) is 0 Å². The Labute approximate surface area is 101 Å². The van der Waals surface area contributed by atoms with Crippen LogP contribution in [0.4, 0.5) is 5.69 Å². The first-order valence-electron chi connectivity index (χ1n) is 5.30. The van der Waals surface area contributed by atoms with E-state index in [1.54, 1.807) is 0 Å². The Morgan fingerprint density at radius 3 is 3.07 bits per heavy atom. The molecule has 0 aromatic heterocycles. The fourth-order valence-electron chi connectivity index (χ4n) is 1.97. The maximum Gasteiger partial charge on any atom is 0.0410 e. The molecule has 1 aromatic rings. The highest BCUT2D eigenvalue weighted by atomic mass is 35.5. The largest absolute Gasteiger partial charge is 0.374 e. The first kappa shape index (κ1) is 11.2. The Morgan fingerprint density at radius 1 is 1.47 bits per heavy atom. The van der Waals surface area contributed by atoms with Gasteiger partial charge in [-0.2, -0.15) is 11.8 Å². The van der Waals surface area contributed by atoms with Crippen molar-refractivity contribution in [2.75, 3.05) is 24.2 Å². The Kier molecular flexibility index (Phi) is 3.47. The molecule has 1 nitrogen and oxygen atoms in total. The number of fused-ring (bicyclic) bond motifs is 1. The van der Waals surface area contributed by atoms with Crippen LogP contribution in [-0.4, -0.2) is 19.3 Å². The van der Waals surface area contributed by atoms with Crippen molar-refractivity contribution in [3.05, 3.63) is 28.8 Å². The van der Waals surface area contributed by atoms with Gasteiger partial charge in [0.2, 0.25) is 0 Å². The molecule has 0 spiro atoms. The van der Waals surface area contributed by atoms with E-state index in [1.807, 2.05) is 17.8 Å². The van der Waals surface area contributed by atoms with Crippen LogP contribution in [0.2, 0.25) is 5.02 Å². The summed E-state index contributed by atoms with van der Waals surface area (Å²) >= 11 is 8.08. The fourth-order valence-corrected chi connectivity index (χ4v) is 3.17. The molecule has 0 saturated heterocycles. The molecule has 1 aliphatic rings. The number of thioether (sulfide) groups is 1. The zero-order valence-corrected chi connectivity index (χ0v) is 10.7. The molecule has 0 N–H and O–H groups in total. The monoisotopic (exact) mass is 241 g/mol. The summed E-state index contributed by atoms with van der Waals surface area (Å²) in [4.78, 5) is 2.34. The van der Waals surface area contributed by atoms with Gasteiger partial charge in [0.15, 0.2) is 0 Å². The third-order valence-electron chi connectivity index (χ3n) is 2.84. The van der Waals surface area contributed by atoms with Crippen LogP contribution in [0.5, 0.6) is 0 Å². The van der Waals surface area contributed by atoms with E-state index in [9.17, 15) is 0 Å². The molecule has 1 unspecified atom stereocenters. The van der Waals surface area contributed by atoms with Crippen molar-refractivity contribution in [2.24, 2.45) is 0 Å². The molecule has 2 rings (SSSR count). The zero-order chi connectivity index (χ0) is 10.8. The molecule has 0 fully saturated rings. The average Bonchev–Trinajstić information content (AvgIpc) is 2.22. The van der Waals surface area contributed by atoms with Crippen LogP contribution in [0.25, 0.3) is 0 Å². The van der Waals surface area contributed by atoms with E-state index in [-0.39, 0.29) is 0 Å². The second kappa shape index (κ2) is 4.67. The summed E-state index contributed by atoms with van der Waals surface area (Å²) in [5, 5.41) is 1.39. The van der Waals surface area contributed by atoms with E-state index < -0.39 is 0 Å². The van der Waals surface area contributed by atoms with E-state index in [4.69, 9.17) is 11.6 Å². The number of halogens is 1. The minimum absolute atomic E-state index is 0.543. The Bertz CT molecular complexity index is 353. The number of hydrogen-bond acceptors (Lipinski definition) is 2. The van der Waals surface area contributed by atoms with Gasteiger partial charge in [-0.3, -0.25) is 0 Å². The lowest BCUT2D eigenvalue weighted by Gasteiger charge is -2.28. The molecule has 0 radical (unpaired) electrons. The van der Waals surface area contributed by atoms with E-state index in [1.165, 1.54) is 23.4 Å². The number of benzene rings is 1. The molecule has 82 valence electrons. The topological polar surface area (TPSA) is 3.24 Å². The van der Waals surface area contributed by atoms with Crippen LogP contribution in [0, 0.1) is 0 Å². The lowest BCUT2D eigenvalue weighted by atomic mass is 10.1. The lowest BCUT2D eigenvalue weighted by molar-refractivity contribution is 0.839. The number of anilines is 1. The molecular formula is C12H16ClNS. The first-order chi connectivity index (χ1) is 7.18. The Balaban J connectivity index is 2.43. The normalized spacial score (nSPS) is 21.8. The van der Waals surface area contributed by atoms with E-state index >= 15 is 0 Å². The number of nitrogens with zero attached hydrogens (tertiary/aromatic N) is 1. The van der Waals surface area contributed by atoms with Gasteiger partial charge in [-0.15, -0.1) is 0 Å². The highest BCUT2D eigenvalue weighted by Gasteiger charge is 2.16. The van der Waals surface area contributed by atoms with Gasteiger partial charge in [-0.1, -0.05) is 11.6 Å². The summed E-state index contributed by atoms with van der Waals surface area (Å²) in [7, 11) is 2.16. The van der Waals surface area contributed by atoms with Gasteiger partial charge in [-0.05, 0) is 42.9 Å². The van der Waals surface area contributed by atoms with Crippen LogP contribution < -0.4 is 4.90 Å². The second-order valence-corrected chi connectivity index (χ2v) is 5.88. The summed E-state index contributed by atoms with van der Waals surface area (Å²) in [6.07, 6.45) is 1.26. The summed E-state index contributed by atoms with van der Waals surface area (Å²) in [5.41, 5.74) is 2.70. The van der Waals surface area contributed by atoms with Gasteiger partial charge in [0.05, 0.1) is 0 Å². The van der Waals surface area contributed by atoms with Crippen LogP contribution >= 0.6 is 23.4 Å². The minimum Gasteiger partial charge on any atom is -0.374 e. The van der Waals surface area contributed by atoms with Crippen LogP contribution in [-0.2, 0) is 0 Å². The van der Waals surface area contributed by atoms with Crippen molar-refractivity contribution in [2.45, 2.75) is 18.6 Å². The van der Waals surface area contributed by atoms with Crippen molar-refractivity contribution in [3.63, 3.8) is 0 Å². The zero-order valence-electron chi connectivity index (χ0n) is 9.16. The van der Waals surface area contributed by atoms with Crippen molar-refractivity contribution in [1.82, 2.24) is 0 Å². The molecule has 3 heteroatoms. The predicted octanol–water partition coefficient (Wildman–Crippen LogP) is 3.97. The quantitative estimate of drug-likeness (QED) is 0.676. The second-order valence-electron chi connectivity index (χ2n) is 3.99. The average molecular weight is 242 g/mol. The van der Waals surface area contributed by atoms with Gasteiger partial charge in [-0.25, -0.2) is 0 Å². The van der Waals surface area contributed by atoms with Crippen molar-refractivity contribution in [1.29, 1.82) is 0 Å². The van der Waals surface area contributed by atoms with E-state index in [0.717, 1.165) is 11.6 Å². The Hall–Kier alpha value is -0.340. The Morgan fingerprint density at radius 2 is 2.27 bits per heavy atom. The minimum atomic E-state index is 0.543. The molecule has 1 aliphatic heterocycles. The predicted molar refractivity (Wildman–Crippen MR) is 70.2 cm³/mol. The molecule has 0 aliphatic carbocycles. The summed E-state index contributed by atoms with van der Waals surface area (Å²) < 4.78 is 0. The van der Waals surface area contributed by atoms with E-state index in [0.29, 0.717) is 5.25 Å². The molecular weight excluding hydrogens is 226 g/mol. The van der Waals surface area contributed by atoms with Crippen molar-refractivity contribution >= 4 is 29.1 Å². The van der Waals surface area contributed by atoms with Crippen molar-refractivity contribution < 1.29 is 0 Å². The third-order valence-corrected chi connectivity index (χ3v) is 4.36. The van der Waals surface area contributed by atoms with Crippen LogP contribution in [0.15, 0.2) is 18.2 Å². The SMILES string of the molecule is CC1SCCCN(C)c2ccc(Cl)cc21. The summed E-state index contributed by atoms with van der Waals surface area (Å²) in [6.45, 7) is 3.40.